The molecule has 0 spiro atoms. The number of carbonyl (C=O) groups excluding carboxylic acids is 1. The lowest BCUT2D eigenvalue weighted by molar-refractivity contribution is -0.117. The van der Waals surface area contributed by atoms with Gasteiger partial charge in [0.25, 0.3) is 0 Å². The third-order valence-electron chi connectivity index (χ3n) is 3.86. The summed E-state index contributed by atoms with van der Waals surface area (Å²) in [5.41, 5.74) is 0.982. The summed E-state index contributed by atoms with van der Waals surface area (Å²) in [6.07, 6.45) is 1.94. The number of carbonyl (C=O) groups is 1. The number of aldehydes is 1. The first-order valence-corrected chi connectivity index (χ1v) is 6.97. The smallest absolute Gasteiger partial charge is 0.129 e. The first-order chi connectivity index (χ1) is 9.15. The molecule has 3 heteroatoms. The molecule has 19 heavy (non-hydrogen) atoms. The fourth-order valence-electron chi connectivity index (χ4n) is 2.52. The summed E-state index contributed by atoms with van der Waals surface area (Å²) in [6.45, 7) is 7.29. The average molecular weight is 261 g/mol. The van der Waals surface area contributed by atoms with Gasteiger partial charge < -0.3 is 9.53 Å². The molecule has 1 heterocycles. The van der Waals surface area contributed by atoms with Gasteiger partial charge in [-0.15, -0.1) is 0 Å². The molecule has 1 aromatic rings. The Bertz CT molecular complexity index is 396. The van der Waals surface area contributed by atoms with Gasteiger partial charge in [-0.1, -0.05) is 30.3 Å². The van der Waals surface area contributed by atoms with E-state index in [0.29, 0.717) is 19.3 Å². The van der Waals surface area contributed by atoms with Gasteiger partial charge in [-0.3, -0.25) is 4.90 Å². The summed E-state index contributed by atoms with van der Waals surface area (Å²) in [5.74, 6) is 0. The van der Waals surface area contributed by atoms with Crippen molar-refractivity contribution in [1.29, 1.82) is 0 Å². The van der Waals surface area contributed by atoms with Gasteiger partial charge in [-0.25, -0.2) is 0 Å². The van der Waals surface area contributed by atoms with E-state index in [9.17, 15) is 4.79 Å². The van der Waals surface area contributed by atoms with E-state index in [1.807, 2.05) is 6.07 Å². The van der Waals surface area contributed by atoms with Crippen molar-refractivity contribution in [3.63, 3.8) is 0 Å². The lowest BCUT2D eigenvalue weighted by Gasteiger charge is -2.33. The third kappa shape index (κ3) is 3.64. The summed E-state index contributed by atoms with van der Waals surface area (Å²) in [6, 6.07) is 10.8. The van der Waals surface area contributed by atoms with Crippen LogP contribution in [0.3, 0.4) is 0 Å². The van der Waals surface area contributed by atoms with Gasteiger partial charge in [0, 0.05) is 25.7 Å². The second kappa shape index (κ2) is 6.31. The van der Waals surface area contributed by atoms with Gasteiger partial charge in [0.15, 0.2) is 0 Å². The van der Waals surface area contributed by atoms with E-state index in [4.69, 9.17) is 4.74 Å². The molecule has 1 unspecified atom stereocenters. The fraction of sp³-hybridized carbons (Fsp3) is 0.562. The van der Waals surface area contributed by atoms with E-state index in [2.05, 4.69) is 43.0 Å². The Hall–Kier alpha value is -1.19. The van der Waals surface area contributed by atoms with Crippen molar-refractivity contribution in [2.75, 3.05) is 19.8 Å². The van der Waals surface area contributed by atoms with Crippen LogP contribution in [-0.4, -0.2) is 37.0 Å². The van der Waals surface area contributed by atoms with E-state index in [1.165, 1.54) is 5.56 Å². The van der Waals surface area contributed by atoms with E-state index in [0.717, 1.165) is 25.8 Å². The molecule has 0 aromatic heterocycles. The Morgan fingerprint density at radius 2 is 2.11 bits per heavy atom. The molecule has 0 aliphatic carbocycles. The monoisotopic (exact) mass is 261 g/mol. The molecule has 0 amide bonds. The van der Waals surface area contributed by atoms with Crippen LogP contribution in [-0.2, 0) is 16.1 Å². The standard InChI is InChI=1S/C16H23NO2/c1-14(2)17(10-15-6-4-3-5-7-15)11-16(12-18)8-9-19-13-16/h3-7,12,14H,8-11,13H2,1-2H3. The molecule has 0 radical (unpaired) electrons. The van der Waals surface area contributed by atoms with Crippen LogP contribution < -0.4 is 0 Å². The first-order valence-electron chi connectivity index (χ1n) is 6.97. The Kier molecular flexibility index (Phi) is 4.72. The number of ether oxygens (including phenoxy) is 1. The number of nitrogens with zero attached hydrogens (tertiary/aromatic N) is 1. The molecular formula is C16H23NO2. The zero-order valence-corrected chi connectivity index (χ0v) is 11.8. The van der Waals surface area contributed by atoms with Crippen molar-refractivity contribution in [3.05, 3.63) is 35.9 Å². The summed E-state index contributed by atoms with van der Waals surface area (Å²) in [5, 5.41) is 0. The molecule has 0 saturated carbocycles. The van der Waals surface area contributed by atoms with E-state index >= 15 is 0 Å². The van der Waals surface area contributed by atoms with Crippen LogP contribution in [0.25, 0.3) is 0 Å². The van der Waals surface area contributed by atoms with Crippen molar-refractivity contribution in [1.82, 2.24) is 4.90 Å². The Morgan fingerprint density at radius 1 is 1.37 bits per heavy atom. The van der Waals surface area contributed by atoms with Gasteiger partial charge in [0.05, 0.1) is 12.0 Å². The maximum atomic E-state index is 11.4. The Balaban J connectivity index is 2.06. The third-order valence-corrected chi connectivity index (χ3v) is 3.86. The van der Waals surface area contributed by atoms with Crippen molar-refractivity contribution in [3.8, 4) is 0 Å². The van der Waals surface area contributed by atoms with Crippen molar-refractivity contribution >= 4 is 6.29 Å². The van der Waals surface area contributed by atoms with Crippen LogP contribution >= 0.6 is 0 Å². The van der Waals surface area contributed by atoms with Gasteiger partial charge in [0.2, 0.25) is 0 Å². The van der Waals surface area contributed by atoms with Crippen LogP contribution in [0.2, 0.25) is 0 Å². The molecule has 2 rings (SSSR count). The highest BCUT2D eigenvalue weighted by molar-refractivity contribution is 5.60. The minimum atomic E-state index is -0.306. The highest BCUT2D eigenvalue weighted by Crippen LogP contribution is 2.28. The number of hydrogen-bond donors (Lipinski definition) is 0. The maximum absolute atomic E-state index is 11.4. The molecule has 0 N–H and O–H groups in total. The number of benzene rings is 1. The predicted octanol–water partition coefficient (Wildman–Crippen LogP) is 2.50. The summed E-state index contributed by atoms with van der Waals surface area (Å²) in [4.78, 5) is 13.8. The Morgan fingerprint density at radius 3 is 2.63 bits per heavy atom. The first kappa shape index (κ1) is 14.2. The molecular weight excluding hydrogens is 238 g/mol. The second-order valence-corrected chi connectivity index (χ2v) is 5.77. The van der Waals surface area contributed by atoms with E-state index < -0.39 is 0 Å². The van der Waals surface area contributed by atoms with Gasteiger partial charge >= 0.3 is 0 Å². The van der Waals surface area contributed by atoms with Gasteiger partial charge in [0.1, 0.15) is 6.29 Å². The van der Waals surface area contributed by atoms with Crippen LogP contribution in [0.4, 0.5) is 0 Å². The average Bonchev–Trinajstić information content (AvgIpc) is 2.88. The van der Waals surface area contributed by atoms with Crippen LogP contribution in [0, 0.1) is 5.41 Å². The zero-order valence-electron chi connectivity index (χ0n) is 11.8. The molecule has 1 fully saturated rings. The van der Waals surface area contributed by atoms with Crippen LogP contribution in [0.5, 0.6) is 0 Å². The number of hydrogen-bond acceptors (Lipinski definition) is 3. The second-order valence-electron chi connectivity index (χ2n) is 5.77. The summed E-state index contributed by atoms with van der Waals surface area (Å²) < 4.78 is 5.42. The van der Waals surface area contributed by atoms with Crippen molar-refractivity contribution in [2.24, 2.45) is 5.41 Å². The molecule has 1 saturated heterocycles. The summed E-state index contributed by atoms with van der Waals surface area (Å²) in [7, 11) is 0. The normalized spacial score (nSPS) is 23.2. The minimum Gasteiger partial charge on any atom is -0.380 e. The minimum absolute atomic E-state index is 0.306. The molecule has 1 aliphatic heterocycles. The quantitative estimate of drug-likeness (QED) is 0.737. The van der Waals surface area contributed by atoms with Crippen LogP contribution in [0.15, 0.2) is 30.3 Å². The van der Waals surface area contributed by atoms with E-state index in [1.54, 1.807) is 0 Å². The zero-order chi connectivity index (χ0) is 13.7. The SMILES string of the molecule is CC(C)N(Cc1ccccc1)CC1(C=O)CCOC1. The van der Waals surface area contributed by atoms with Gasteiger partial charge in [-0.05, 0) is 25.8 Å². The molecule has 0 bridgehead atoms. The lowest BCUT2D eigenvalue weighted by atomic mass is 9.88. The molecule has 104 valence electrons. The predicted molar refractivity (Wildman–Crippen MR) is 75.9 cm³/mol. The maximum Gasteiger partial charge on any atom is 0.129 e. The van der Waals surface area contributed by atoms with Crippen molar-refractivity contribution < 1.29 is 9.53 Å². The molecule has 1 aliphatic rings. The largest absolute Gasteiger partial charge is 0.380 e. The topological polar surface area (TPSA) is 29.5 Å². The Labute approximate surface area is 115 Å². The van der Waals surface area contributed by atoms with Gasteiger partial charge in [-0.2, -0.15) is 0 Å². The highest BCUT2D eigenvalue weighted by atomic mass is 16.5. The molecule has 1 atom stereocenters. The highest BCUT2D eigenvalue weighted by Gasteiger charge is 2.37. The van der Waals surface area contributed by atoms with Crippen LogP contribution in [0.1, 0.15) is 25.8 Å². The van der Waals surface area contributed by atoms with E-state index in [-0.39, 0.29) is 5.41 Å². The summed E-state index contributed by atoms with van der Waals surface area (Å²) >= 11 is 0. The molecule has 1 aromatic carbocycles. The fourth-order valence-corrected chi connectivity index (χ4v) is 2.52. The number of rotatable bonds is 6. The lowest BCUT2D eigenvalue weighted by Crippen LogP contribution is -2.42. The van der Waals surface area contributed by atoms with Crippen molar-refractivity contribution in [2.45, 2.75) is 32.9 Å². The molecule has 3 nitrogen and oxygen atoms in total.